The van der Waals surface area contributed by atoms with Crippen molar-refractivity contribution in [3.63, 3.8) is 0 Å². The summed E-state index contributed by atoms with van der Waals surface area (Å²) in [5.74, 6) is -0.346. The highest BCUT2D eigenvalue weighted by atomic mass is 16.5. The van der Waals surface area contributed by atoms with Gasteiger partial charge in [-0.1, -0.05) is 12.1 Å². The summed E-state index contributed by atoms with van der Waals surface area (Å²) >= 11 is 0. The molecule has 0 unspecified atom stereocenters. The van der Waals surface area contributed by atoms with E-state index in [1.807, 2.05) is 24.3 Å². The third kappa shape index (κ3) is 3.36. The Morgan fingerprint density at radius 1 is 1.25 bits per heavy atom. The summed E-state index contributed by atoms with van der Waals surface area (Å²) in [4.78, 5) is 25.2. The van der Waals surface area contributed by atoms with E-state index in [9.17, 15) is 9.59 Å². The second kappa shape index (κ2) is 6.52. The van der Waals surface area contributed by atoms with E-state index in [1.165, 1.54) is 0 Å². The Kier molecular flexibility index (Phi) is 4.74. The fourth-order valence-electron chi connectivity index (χ4n) is 2.46. The van der Waals surface area contributed by atoms with Crippen LogP contribution >= 0.6 is 0 Å². The lowest BCUT2D eigenvalue weighted by molar-refractivity contribution is -0.123. The Bertz CT molecular complexity index is 476. The van der Waals surface area contributed by atoms with Crippen molar-refractivity contribution in [3.05, 3.63) is 35.4 Å². The van der Waals surface area contributed by atoms with Gasteiger partial charge in [-0.05, 0) is 30.5 Å². The van der Waals surface area contributed by atoms with Crippen LogP contribution in [-0.2, 0) is 16.1 Å². The Morgan fingerprint density at radius 3 is 2.35 bits per heavy atom. The predicted molar refractivity (Wildman–Crippen MR) is 75.0 cm³/mol. The van der Waals surface area contributed by atoms with Crippen LogP contribution in [0.2, 0.25) is 0 Å². The molecule has 2 rings (SSSR count). The third-order valence-corrected chi connectivity index (χ3v) is 3.70. The number of nitrogens with zero attached hydrogens (tertiary/aromatic N) is 1. The number of benzene rings is 1. The lowest BCUT2D eigenvalue weighted by Gasteiger charge is -2.30. The van der Waals surface area contributed by atoms with Crippen LogP contribution in [0.4, 0.5) is 0 Å². The average molecular weight is 276 g/mol. The molecule has 5 nitrogen and oxygen atoms in total. The van der Waals surface area contributed by atoms with Gasteiger partial charge in [-0.15, -0.1) is 0 Å². The topological polar surface area (TPSA) is 72.6 Å². The number of methoxy groups -OCH3 is 1. The summed E-state index contributed by atoms with van der Waals surface area (Å²) in [5.41, 5.74) is 7.00. The molecule has 0 saturated carbocycles. The molecular formula is C15H20N2O3. The number of hydrogen-bond donors (Lipinski definition) is 1. The number of carbonyl (C=O) groups is 2. The van der Waals surface area contributed by atoms with Crippen molar-refractivity contribution < 1.29 is 14.3 Å². The number of ether oxygens (including phenoxy) is 1. The Labute approximate surface area is 118 Å². The standard InChI is InChI=1S/C15H20N2O3/c1-20-10-11-2-4-13(5-3-11)15(19)17-8-6-12(7-9-17)14(16)18/h2-5,12H,6-10H2,1H3,(H2,16,18). The molecule has 1 heterocycles. The van der Waals surface area contributed by atoms with E-state index in [1.54, 1.807) is 12.0 Å². The van der Waals surface area contributed by atoms with Crippen molar-refractivity contribution in [1.82, 2.24) is 4.90 Å². The van der Waals surface area contributed by atoms with E-state index in [-0.39, 0.29) is 17.7 Å². The number of piperidine rings is 1. The van der Waals surface area contributed by atoms with Crippen molar-refractivity contribution in [2.24, 2.45) is 11.7 Å². The van der Waals surface area contributed by atoms with Gasteiger partial charge in [0.25, 0.3) is 5.91 Å². The van der Waals surface area contributed by atoms with Crippen LogP contribution in [-0.4, -0.2) is 36.9 Å². The van der Waals surface area contributed by atoms with Crippen LogP contribution in [0.25, 0.3) is 0 Å². The molecule has 1 aliphatic heterocycles. The highest BCUT2D eigenvalue weighted by molar-refractivity contribution is 5.94. The first-order valence-electron chi connectivity index (χ1n) is 6.78. The van der Waals surface area contributed by atoms with Crippen molar-refractivity contribution in [2.75, 3.05) is 20.2 Å². The molecule has 1 aromatic carbocycles. The third-order valence-electron chi connectivity index (χ3n) is 3.70. The molecule has 1 fully saturated rings. The maximum atomic E-state index is 12.3. The molecule has 0 spiro atoms. The van der Waals surface area contributed by atoms with E-state index in [4.69, 9.17) is 10.5 Å². The first-order chi connectivity index (χ1) is 9.61. The average Bonchev–Trinajstić information content (AvgIpc) is 2.48. The number of likely N-dealkylation sites (tertiary alicyclic amines) is 1. The summed E-state index contributed by atoms with van der Waals surface area (Å²) in [7, 11) is 1.64. The molecule has 0 atom stereocenters. The largest absolute Gasteiger partial charge is 0.380 e. The van der Waals surface area contributed by atoms with Crippen molar-refractivity contribution in [3.8, 4) is 0 Å². The molecular weight excluding hydrogens is 256 g/mol. The van der Waals surface area contributed by atoms with E-state index < -0.39 is 0 Å². The van der Waals surface area contributed by atoms with Gasteiger partial charge in [-0.25, -0.2) is 0 Å². The first kappa shape index (κ1) is 14.5. The minimum atomic E-state index is -0.263. The van der Waals surface area contributed by atoms with Crippen molar-refractivity contribution >= 4 is 11.8 Å². The number of rotatable bonds is 4. The number of hydrogen-bond acceptors (Lipinski definition) is 3. The molecule has 108 valence electrons. The summed E-state index contributed by atoms with van der Waals surface area (Å²) in [5, 5.41) is 0. The molecule has 20 heavy (non-hydrogen) atoms. The van der Waals surface area contributed by atoms with Crippen LogP contribution in [0.1, 0.15) is 28.8 Å². The predicted octanol–water partition coefficient (Wildman–Crippen LogP) is 1.17. The number of primary amides is 1. The molecule has 0 aromatic heterocycles. The molecule has 2 N–H and O–H groups in total. The van der Waals surface area contributed by atoms with Gasteiger partial charge in [0, 0.05) is 31.7 Å². The Balaban J connectivity index is 1.96. The summed E-state index contributed by atoms with van der Waals surface area (Å²) < 4.78 is 5.04. The summed E-state index contributed by atoms with van der Waals surface area (Å²) in [6, 6.07) is 7.42. The van der Waals surface area contributed by atoms with Crippen LogP contribution < -0.4 is 5.73 Å². The molecule has 0 radical (unpaired) electrons. The number of carbonyl (C=O) groups excluding carboxylic acids is 2. The molecule has 2 amide bonds. The Hall–Kier alpha value is -1.88. The fourth-order valence-corrected chi connectivity index (χ4v) is 2.46. The molecule has 0 bridgehead atoms. The maximum absolute atomic E-state index is 12.3. The summed E-state index contributed by atoms with van der Waals surface area (Å²) in [6.45, 7) is 1.72. The smallest absolute Gasteiger partial charge is 0.253 e. The zero-order valence-corrected chi connectivity index (χ0v) is 11.7. The highest BCUT2D eigenvalue weighted by Gasteiger charge is 2.26. The van der Waals surface area contributed by atoms with Crippen LogP contribution in [0.5, 0.6) is 0 Å². The van der Waals surface area contributed by atoms with E-state index >= 15 is 0 Å². The molecule has 1 aromatic rings. The van der Waals surface area contributed by atoms with E-state index in [0.717, 1.165) is 5.56 Å². The van der Waals surface area contributed by atoms with E-state index in [0.29, 0.717) is 38.1 Å². The van der Waals surface area contributed by atoms with Crippen LogP contribution in [0.3, 0.4) is 0 Å². The second-order valence-electron chi connectivity index (χ2n) is 5.10. The minimum absolute atomic E-state index is 0.0110. The van der Waals surface area contributed by atoms with Gasteiger partial charge >= 0.3 is 0 Å². The second-order valence-corrected chi connectivity index (χ2v) is 5.10. The zero-order chi connectivity index (χ0) is 14.5. The SMILES string of the molecule is COCc1ccc(C(=O)N2CCC(C(N)=O)CC2)cc1. The van der Waals surface area contributed by atoms with Gasteiger partial charge in [0.2, 0.25) is 5.91 Å². The van der Waals surface area contributed by atoms with E-state index in [2.05, 4.69) is 0 Å². The van der Waals surface area contributed by atoms with Gasteiger partial charge in [-0.2, -0.15) is 0 Å². The quantitative estimate of drug-likeness (QED) is 0.897. The molecule has 1 saturated heterocycles. The van der Waals surface area contributed by atoms with Crippen molar-refractivity contribution in [1.29, 1.82) is 0 Å². The minimum Gasteiger partial charge on any atom is -0.380 e. The van der Waals surface area contributed by atoms with Gasteiger partial charge in [0.1, 0.15) is 0 Å². The molecule has 5 heteroatoms. The lowest BCUT2D eigenvalue weighted by atomic mass is 9.96. The summed E-state index contributed by atoms with van der Waals surface area (Å²) in [6.07, 6.45) is 1.31. The van der Waals surface area contributed by atoms with Crippen LogP contribution in [0.15, 0.2) is 24.3 Å². The zero-order valence-electron chi connectivity index (χ0n) is 11.7. The molecule has 1 aliphatic rings. The number of amides is 2. The first-order valence-corrected chi connectivity index (χ1v) is 6.78. The van der Waals surface area contributed by atoms with Crippen molar-refractivity contribution in [2.45, 2.75) is 19.4 Å². The number of nitrogens with two attached hydrogens (primary N) is 1. The van der Waals surface area contributed by atoms with Gasteiger partial charge in [0.15, 0.2) is 0 Å². The van der Waals surface area contributed by atoms with Gasteiger partial charge in [-0.3, -0.25) is 9.59 Å². The lowest BCUT2D eigenvalue weighted by Crippen LogP contribution is -2.41. The molecule has 0 aliphatic carbocycles. The normalized spacial score (nSPS) is 16.1. The fraction of sp³-hybridized carbons (Fsp3) is 0.467. The monoisotopic (exact) mass is 276 g/mol. The van der Waals surface area contributed by atoms with Crippen LogP contribution in [0, 0.1) is 5.92 Å². The van der Waals surface area contributed by atoms with Gasteiger partial charge < -0.3 is 15.4 Å². The van der Waals surface area contributed by atoms with Gasteiger partial charge in [0.05, 0.1) is 6.61 Å². The highest BCUT2D eigenvalue weighted by Crippen LogP contribution is 2.19. The Morgan fingerprint density at radius 2 is 1.85 bits per heavy atom. The maximum Gasteiger partial charge on any atom is 0.253 e.